The lowest BCUT2D eigenvalue weighted by Crippen LogP contribution is -2.30. The second-order valence-corrected chi connectivity index (χ2v) is 5.77. The van der Waals surface area contributed by atoms with Gasteiger partial charge in [0.05, 0.1) is 17.1 Å². The Morgan fingerprint density at radius 2 is 2.04 bits per heavy atom. The number of nitrogens with zero attached hydrogens (tertiary/aromatic N) is 2. The van der Waals surface area contributed by atoms with Gasteiger partial charge >= 0.3 is 0 Å². The molecular formula is C16H17Cl2N3O3. The van der Waals surface area contributed by atoms with Gasteiger partial charge in [0.25, 0.3) is 11.8 Å². The van der Waals surface area contributed by atoms with Crippen LogP contribution in [0.2, 0.25) is 10.0 Å². The molecule has 0 saturated carbocycles. The minimum Gasteiger partial charge on any atom is -0.446 e. The van der Waals surface area contributed by atoms with Crippen LogP contribution in [0.15, 0.2) is 28.9 Å². The predicted molar refractivity (Wildman–Crippen MR) is 91.4 cm³/mol. The van der Waals surface area contributed by atoms with E-state index in [0.29, 0.717) is 23.7 Å². The molecule has 1 N–H and O–H groups in total. The minimum absolute atomic E-state index is 0.133. The fourth-order valence-electron chi connectivity index (χ4n) is 2.06. The molecule has 0 aliphatic heterocycles. The maximum absolute atomic E-state index is 12.6. The first-order chi connectivity index (χ1) is 11.5. The van der Waals surface area contributed by atoms with Crippen molar-refractivity contribution >= 4 is 35.0 Å². The Hall–Kier alpha value is -2.05. The van der Waals surface area contributed by atoms with Gasteiger partial charge in [-0.15, -0.1) is 0 Å². The SMILES string of the molecule is CCNC(=O)c1coc(CN(CC)C(=O)c2ccc(Cl)cc2Cl)n1. The van der Waals surface area contributed by atoms with E-state index in [1.54, 1.807) is 12.1 Å². The molecule has 0 bridgehead atoms. The van der Waals surface area contributed by atoms with Gasteiger partial charge in [0.2, 0.25) is 5.89 Å². The number of nitrogens with one attached hydrogen (secondary N) is 1. The van der Waals surface area contributed by atoms with Crippen LogP contribution in [0.25, 0.3) is 0 Å². The fraction of sp³-hybridized carbons (Fsp3) is 0.312. The van der Waals surface area contributed by atoms with Crippen LogP contribution in [-0.2, 0) is 6.54 Å². The summed E-state index contributed by atoms with van der Waals surface area (Å²) in [4.78, 5) is 29.9. The van der Waals surface area contributed by atoms with Crippen LogP contribution in [0.5, 0.6) is 0 Å². The predicted octanol–water partition coefficient (Wildman–Crippen LogP) is 3.39. The monoisotopic (exact) mass is 369 g/mol. The number of amides is 2. The van der Waals surface area contributed by atoms with Crippen molar-refractivity contribution in [1.29, 1.82) is 0 Å². The van der Waals surface area contributed by atoms with Crippen molar-refractivity contribution in [3.63, 3.8) is 0 Å². The second-order valence-electron chi connectivity index (χ2n) is 4.93. The van der Waals surface area contributed by atoms with Gasteiger partial charge in [-0.2, -0.15) is 0 Å². The molecule has 128 valence electrons. The van der Waals surface area contributed by atoms with Gasteiger partial charge < -0.3 is 14.6 Å². The van der Waals surface area contributed by atoms with E-state index in [0.717, 1.165) is 0 Å². The number of hydrogen-bond acceptors (Lipinski definition) is 4. The molecule has 0 radical (unpaired) electrons. The summed E-state index contributed by atoms with van der Waals surface area (Å²) in [5.41, 5.74) is 0.526. The highest BCUT2D eigenvalue weighted by atomic mass is 35.5. The molecule has 0 unspecified atom stereocenters. The molecule has 24 heavy (non-hydrogen) atoms. The molecule has 0 aliphatic carbocycles. The maximum Gasteiger partial charge on any atom is 0.273 e. The van der Waals surface area contributed by atoms with Gasteiger partial charge in [0.1, 0.15) is 6.26 Å². The zero-order valence-electron chi connectivity index (χ0n) is 13.3. The van der Waals surface area contributed by atoms with Crippen LogP contribution >= 0.6 is 23.2 Å². The highest BCUT2D eigenvalue weighted by Crippen LogP contribution is 2.23. The standard InChI is InChI=1S/C16H17Cl2N3O3/c1-3-19-15(22)13-9-24-14(20-13)8-21(4-2)16(23)11-6-5-10(17)7-12(11)18/h5-7,9H,3-4,8H2,1-2H3,(H,19,22). The Morgan fingerprint density at radius 3 is 2.67 bits per heavy atom. The molecular weight excluding hydrogens is 353 g/mol. The fourth-order valence-corrected chi connectivity index (χ4v) is 2.55. The van der Waals surface area contributed by atoms with E-state index in [1.807, 2.05) is 13.8 Å². The first-order valence-corrected chi connectivity index (χ1v) is 8.18. The molecule has 0 aliphatic rings. The Bertz CT molecular complexity index is 746. The summed E-state index contributed by atoms with van der Waals surface area (Å²) in [5, 5.41) is 3.37. The summed E-state index contributed by atoms with van der Waals surface area (Å²) in [7, 11) is 0. The van der Waals surface area contributed by atoms with E-state index in [-0.39, 0.29) is 35.0 Å². The normalized spacial score (nSPS) is 10.5. The minimum atomic E-state index is -0.317. The van der Waals surface area contributed by atoms with Crippen molar-refractivity contribution in [2.24, 2.45) is 0 Å². The van der Waals surface area contributed by atoms with E-state index < -0.39 is 0 Å². The molecule has 2 amide bonds. The average Bonchev–Trinajstić information content (AvgIpc) is 3.01. The number of carbonyl (C=O) groups excluding carboxylic acids is 2. The second kappa shape index (κ2) is 8.17. The molecule has 0 saturated heterocycles. The highest BCUT2D eigenvalue weighted by Gasteiger charge is 2.20. The largest absolute Gasteiger partial charge is 0.446 e. The van der Waals surface area contributed by atoms with Gasteiger partial charge in [-0.1, -0.05) is 23.2 Å². The number of hydrogen-bond donors (Lipinski definition) is 1. The summed E-state index contributed by atoms with van der Waals surface area (Å²) < 4.78 is 5.28. The first-order valence-electron chi connectivity index (χ1n) is 7.43. The van der Waals surface area contributed by atoms with E-state index >= 15 is 0 Å². The zero-order chi connectivity index (χ0) is 17.7. The lowest BCUT2D eigenvalue weighted by atomic mass is 10.2. The average molecular weight is 370 g/mol. The zero-order valence-corrected chi connectivity index (χ0v) is 14.8. The van der Waals surface area contributed by atoms with Crippen LogP contribution in [0.1, 0.15) is 40.6 Å². The van der Waals surface area contributed by atoms with Gasteiger partial charge in [-0.25, -0.2) is 4.98 Å². The molecule has 0 atom stereocenters. The summed E-state index contributed by atoms with van der Waals surface area (Å²) >= 11 is 11.9. The highest BCUT2D eigenvalue weighted by molar-refractivity contribution is 6.36. The molecule has 1 aromatic heterocycles. The van der Waals surface area contributed by atoms with Crippen molar-refractivity contribution in [2.45, 2.75) is 20.4 Å². The van der Waals surface area contributed by atoms with Crippen molar-refractivity contribution in [1.82, 2.24) is 15.2 Å². The number of benzene rings is 1. The van der Waals surface area contributed by atoms with Gasteiger partial charge in [-0.3, -0.25) is 9.59 Å². The number of oxazole rings is 1. The number of rotatable bonds is 6. The number of carbonyl (C=O) groups is 2. The van der Waals surface area contributed by atoms with Crippen molar-refractivity contribution in [3.05, 3.63) is 51.7 Å². The van der Waals surface area contributed by atoms with Gasteiger partial charge in [0, 0.05) is 18.1 Å². The summed E-state index contributed by atoms with van der Waals surface area (Å²) in [6.45, 7) is 4.70. The topological polar surface area (TPSA) is 75.4 Å². The molecule has 0 spiro atoms. The lowest BCUT2D eigenvalue weighted by molar-refractivity contribution is 0.0738. The summed E-state index contributed by atoms with van der Waals surface area (Å²) in [5.74, 6) is -0.309. The Kier molecular flexibility index (Phi) is 6.23. The van der Waals surface area contributed by atoms with Gasteiger partial charge in [0.15, 0.2) is 5.69 Å². The smallest absolute Gasteiger partial charge is 0.273 e. The van der Waals surface area contributed by atoms with Crippen LogP contribution in [0.4, 0.5) is 0 Å². The maximum atomic E-state index is 12.6. The van der Waals surface area contributed by atoms with Crippen molar-refractivity contribution in [3.8, 4) is 0 Å². The number of aromatic nitrogens is 1. The first kappa shape index (κ1) is 18.3. The van der Waals surface area contributed by atoms with E-state index in [4.69, 9.17) is 27.6 Å². The Labute approximate surface area is 149 Å². The van der Waals surface area contributed by atoms with E-state index in [9.17, 15) is 9.59 Å². The third-order valence-corrected chi connectivity index (χ3v) is 3.83. The van der Waals surface area contributed by atoms with Crippen LogP contribution < -0.4 is 5.32 Å². The van der Waals surface area contributed by atoms with Crippen LogP contribution in [0.3, 0.4) is 0 Å². The van der Waals surface area contributed by atoms with Crippen molar-refractivity contribution in [2.75, 3.05) is 13.1 Å². The van der Waals surface area contributed by atoms with E-state index in [2.05, 4.69) is 10.3 Å². The molecule has 1 aromatic carbocycles. The molecule has 6 nitrogen and oxygen atoms in total. The Balaban J connectivity index is 2.14. The summed E-state index contributed by atoms with van der Waals surface area (Å²) in [6.07, 6.45) is 1.27. The third kappa shape index (κ3) is 4.27. The lowest BCUT2D eigenvalue weighted by Gasteiger charge is -2.19. The van der Waals surface area contributed by atoms with Crippen molar-refractivity contribution < 1.29 is 14.0 Å². The van der Waals surface area contributed by atoms with Crippen LogP contribution in [0, 0.1) is 0 Å². The molecule has 2 rings (SSSR count). The molecule has 0 fully saturated rings. The number of halogens is 2. The third-order valence-electron chi connectivity index (χ3n) is 3.28. The van der Waals surface area contributed by atoms with E-state index in [1.165, 1.54) is 17.2 Å². The summed E-state index contributed by atoms with van der Waals surface area (Å²) in [6, 6.07) is 4.70. The molecule has 2 aromatic rings. The Morgan fingerprint density at radius 1 is 1.29 bits per heavy atom. The molecule has 1 heterocycles. The van der Waals surface area contributed by atoms with Crippen LogP contribution in [-0.4, -0.2) is 34.8 Å². The quantitative estimate of drug-likeness (QED) is 0.846. The van der Waals surface area contributed by atoms with Gasteiger partial charge in [-0.05, 0) is 32.0 Å². The molecule has 8 heteroatoms.